The van der Waals surface area contributed by atoms with Crippen molar-refractivity contribution in [1.29, 1.82) is 0 Å². The van der Waals surface area contributed by atoms with Gasteiger partial charge in [-0.15, -0.1) is 6.58 Å². The summed E-state index contributed by atoms with van der Waals surface area (Å²) in [5, 5.41) is 14.7. The molecule has 4 N–H and O–H groups in total. The molecular formula is C23H35N3O4. The Hall–Kier alpha value is -2.67. The van der Waals surface area contributed by atoms with Crippen molar-refractivity contribution in [3.8, 4) is 0 Å². The van der Waals surface area contributed by atoms with Crippen molar-refractivity contribution in [2.45, 2.75) is 52.0 Å². The second kappa shape index (κ2) is 11.5. The summed E-state index contributed by atoms with van der Waals surface area (Å²) in [4.78, 5) is 38.3. The number of likely N-dealkylation sites (N-methyl/N-ethyl adjacent to an activating group) is 1. The van der Waals surface area contributed by atoms with Crippen molar-refractivity contribution in [3.05, 3.63) is 48.6 Å². The van der Waals surface area contributed by atoms with Crippen LogP contribution in [0.15, 0.2) is 43.0 Å². The van der Waals surface area contributed by atoms with Crippen molar-refractivity contribution in [2.75, 3.05) is 7.05 Å². The highest BCUT2D eigenvalue weighted by Gasteiger charge is 2.41. The molecule has 0 heterocycles. The number of benzene rings is 1. The maximum atomic E-state index is 13.3. The Labute approximate surface area is 179 Å². The van der Waals surface area contributed by atoms with Crippen LogP contribution < -0.4 is 16.1 Å². The van der Waals surface area contributed by atoms with Gasteiger partial charge in [0.1, 0.15) is 6.04 Å². The number of hydrogen-bond donors (Lipinski definition) is 4. The molecule has 0 saturated heterocycles. The fourth-order valence-electron chi connectivity index (χ4n) is 3.68. The number of hydroxylamine groups is 1. The molecule has 0 saturated carbocycles. The summed E-state index contributed by atoms with van der Waals surface area (Å²) in [5.41, 5.74) is 1.85. The van der Waals surface area contributed by atoms with Gasteiger partial charge in [0.05, 0.1) is 11.8 Å². The van der Waals surface area contributed by atoms with E-state index in [0.717, 1.165) is 5.56 Å². The van der Waals surface area contributed by atoms with Gasteiger partial charge in [0, 0.05) is 12.5 Å². The quantitative estimate of drug-likeness (QED) is 0.252. The average Bonchev–Trinajstić information content (AvgIpc) is 2.73. The first-order valence-corrected chi connectivity index (χ1v) is 10.2. The molecule has 0 aliphatic carbocycles. The van der Waals surface area contributed by atoms with Gasteiger partial charge in [0.2, 0.25) is 17.7 Å². The zero-order valence-corrected chi connectivity index (χ0v) is 18.6. The lowest BCUT2D eigenvalue weighted by Crippen LogP contribution is -2.57. The molecule has 0 radical (unpaired) electrons. The van der Waals surface area contributed by atoms with Crippen LogP contribution in [-0.4, -0.2) is 36.0 Å². The van der Waals surface area contributed by atoms with Crippen LogP contribution in [0.5, 0.6) is 0 Å². The summed E-state index contributed by atoms with van der Waals surface area (Å²) >= 11 is 0. The van der Waals surface area contributed by atoms with E-state index in [1.54, 1.807) is 11.6 Å². The molecule has 166 valence electrons. The summed E-state index contributed by atoms with van der Waals surface area (Å²) in [7, 11) is 1.52. The van der Waals surface area contributed by atoms with Gasteiger partial charge in [-0.3, -0.25) is 19.6 Å². The molecule has 7 nitrogen and oxygen atoms in total. The minimum Gasteiger partial charge on any atom is -0.357 e. The Morgan fingerprint density at radius 3 is 2.13 bits per heavy atom. The van der Waals surface area contributed by atoms with E-state index in [-0.39, 0.29) is 18.2 Å². The van der Waals surface area contributed by atoms with Gasteiger partial charge >= 0.3 is 0 Å². The Balaban J connectivity index is 3.30. The van der Waals surface area contributed by atoms with E-state index >= 15 is 0 Å². The topological polar surface area (TPSA) is 108 Å². The maximum absolute atomic E-state index is 13.3. The van der Waals surface area contributed by atoms with Crippen LogP contribution in [0.2, 0.25) is 0 Å². The molecule has 0 fully saturated rings. The van der Waals surface area contributed by atoms with Gasteiger partial charge in [-0.25, -0.2) is 5.48 Å². The summed E-state index contributed by atoms with van der Waals surface area (Å²) in [6.07, 6.45) is 2.19. The fourth-order valence-corrected chi connectivity index (χ4v) is 3.68. The molecular weight excluding hydrogens is 382 g/mol. The van der Waals surface area contributed by atoms with Gasteiger partial charge in [-0.05, 0) is 24.3 Å². The highest BCUT2D eigenvalue weighted by atomic mass is 16.5. The number of allylic oxidation sites excluding steroid dienone is 1. The third-order valence-electron chi connectivity index (χ3n) is 5.45. The monoisotopic (exact) mass is 417 g/mol. The van der Waals surface area contributed by atoms with Crippen molar-refractivity contribution < 1.29 is 19.6 Å². The molecule has 30 heavy (non-hydrogen) atoms. The number of hydrogen-bond acceptors (Lipinski definition) is 4. The van der Waals surface area contributed by atoms with Gasteiger partial charge in [-0.1, -0.05) is 64.1 Å². The molecule has 0 aromatic heterocycles. The average molecular weight is 418 g/mol. The molecule has 0 aliphatic rings. The molecule has 1 aromatic carbocycles. The first-order valence-electron chi connectivity index (χ1n) is 10.2. The van der Waals surface area contributed by atoms with E-state index in [9.17, 15) is 14.4 Å². The summed E-state index contributed by atoms with van der Waals surface area (Å²) in [6.45, 7) is 11.3. The molecule has 1 rings (SSSR count). The van der Waals surface area contributed by atoms with Crippen molar-refractivity contribution in [2.24, 2.45) is 17.8 Å². The largest absolute Gasteiger partial charge is 0.357 e. The molecule has 3 atom stereocenters. The van der Waals surface area contributed by atoms with Crippen LogP contribution in [0.1, 0.15) is 46.1 Å². The number of carbonyl (C=O) groups is 3. The van der Waals surface area contributed by atoms with E-state index in [1.807, 2.05) is 58.0 Å². The Kier molecular flexibility index (Phi) is 9.72. The first kappa shape index (κ1) is 25.4. The van der Waals surface area contributed by atoms with Crippen LogP contribution in [0.25, 0.3) is 0 Å². The molecule has 7 heteroatoms. The molecule has 0 bridgehead atoms. The highest BCUT2D eigenvalue weighted by molar-refractivity contribution is 5.92. The zero-order valence-electron chi connectivity index (χ0n) is 18.6. The predicted octanol–water partition coefficient (Wildman–Crippen LogP) is 2.56. The van der Waals surface area contributed by atoms with E-state index in [2.05, 4.69) is 17.2 Å². The van der Waals surface area contributed by atoms with Crippen molar-refractivity contribution in [3.63, 3.8) is 0 Å². The lowest BCUT2D eigenvalue weighted by atomic mass is 9.76. The third-order valence-corrected chi connectivity index (χ3v) is 5.45. The standard InChI is InChI=1S/C23H35N3O4/c1-7-11-17(21(28)26-30)18(14-15(2)3)20(27)25-19(22(29)24-6)23(4,5)16-12-9-8-10-13-16/h7-10,12-13,15,17-19,30H,1,11,14H2,2-6H3,(H,24,29)(H,25,27)(H,26,28). The molecule has 3 amide bonds. The van der Waals surface area contributed by atoms with Crippen molar-refractivity contribution in [1.82, 2.24) is 16.1 Å². The Morgan fingerprint density at radius 2 is 1.67 bits per heavy atom. The Morgan fingerprint density at radius 1 is 1.07 bits per heavy atom. The summed E-state index contributed by atoms with van der Waals surface area (Å²) < 4.78 is 0. The second-order valence-electron chi connectivity index (χ2n) is 8.49. The lowest BCUT2D eigenvalue weighted by molar-refractivity contribution is -0.142. The minimum absolute atomic E-state index is 0.125. The molecule has 1 aromatic rings. The number of amides is 3. The SMILES string of the molecule is C=CCC(C(=O)NO)C(CC(C)C)C(=O)NC(C(=O)NC)C(C)(C)c1ccccc1. The number of nitrogens with one attached hydrogen (secondary N) is 3. The summed E-state index contributed by atoms with van der Waals surface area (Å²) in [5.74, 6) is -2.77. The van der Waals surface area contributed by atoms with Gasteiger partial charge in [-0.2, -0.15) is 0 Å². The highest BCUT2D eigenvalue weighted by Crippen LogP contribution is 2.30. The van der Waals surface area contributed by atoms with E-state index in [4.69, 9.17) is 5.21 Å². The minimum atomic E-state index is -0.853. The molecule has 0 aliphatic heterocycles. The molecule has 3 unspecified atom stereocenters. The smallest absolute Gasteiger partial charge is 0.247 e. The van der Waals surface area contributed by atoms with Crippen molar-refractivity contribution >= 4 is 17.7 Å². The van der Waals surface area contributed by atoms with Crippen LogP contribution in [0, 0.1) is 17.8 Å². The van der Waals surface area contributed by atoms with E-state index in [1.165, 1.54) is 7.05 Å². The third kappa shape index (κ3) is 6.42. The van der Waals surface area contributed by atoms with Crippen LogP contribution >= 0.6 is 0 Å². The number of carbonyl (C=O) groups excluding carboxylic acids is 3. The van der Waals surface area contributed by atoms with E-state index < -0.39 is 35.1 Å². The maximum Gasteiger partial charge on any atom is 0.247 e. The fraction of sp³-hybridized carbons (Fsp3) is 0.522. The Bertz CT molecular complexity index is 731. The van der Waals surface area contributed by atoms with Crippen LogP contribution in [0.4, 0.5) is 0 Å². The molecule has 0 spiro atoms. The van der Waals surface area contributed by atoms with Gasteiger partial charge < -0.3 is 10.6 Å². The van der Waals surface area contributed by atoms with Crippen LogP contribution in [-0.2, 0) is 19.8 Å². The van der Waals surface area contributed by atoms with E-state index in [0.29, 0.717) is 6.42 Å². The second-order valence-corrected chi connectivity index (χ2v) is 8.49. The van der Waals surface area contributed by atoms with Gasteiger partial charge in [0.15, 0.2) is 0 Å². The predicted molar refractivity (Wildman–Crippen MR) is 117 cm³/mol. The van der Waals surface area contributed by atoms with Crippen LogP contribution in [0.3, 0.4) is 0 Å². The van der Waals surface area contributed by atoms with Gasteiger partial charge in [0.25, 0.3) is 0 Å². The first-order chi connectivity index (χ1) is 14.1. The normalized spacial score (nSPS) is 14.4. The zero-order chi connectivity index (χ0) is 22.9. The number of rotatable bonds is 11. The lowest BCUT2D eigenvalue weighted by Gasteiger charge is -2.36. The summed E-state index contributed by atoms with van der Waals surface area (Å²) in [6, 6.07) is 8.62.